The summed E-state index contributed by atoms with van der Waals surface area (Å²) in [5.74, 6) is -0.529. The van der Waals surface area contributed by atoms with Crippen molar-refractivity contribution in [3.8, 4) is 0 Å². The zero-order chi connectivity index (χ0) is 21.8. The van der Waals surface area contributed by atoms with Crippen LogP contribution in [0.1, 0.15) is 61.8 Å². The fourth-order valence-corrected chi connectivity index (χ4v) is 4.55. The molecule has 4 rings (SSSR count). The molecule has 7 nitrogen and oxygen atoms in total. The number of hydrogen-bond donors (Lipinski definition) is 3. The van der Waals surface area contributed by atoms with E-state index in [9.17, 15) is 14.4 Å². The number of aryl methyl sites for hydroxylation is 1. The predicted octanol–water partition coefficient (Wildman–Crippen LogP) is 4.83. The molecular weight excluding hydrogens is 414 g/mol. The third kappa shape index (κ3) is 5.03. The lowest BCUT2D eigenvalue weighted by molar-refractivity contribution is 0.0936. The Bertz CT molecular complexity index is 1080. The first-order chi connectivity index (χ1) is 15.0. The van der Waals surface area contributed by atoms with Gasteiger partial charge in [-0.1, -0.05) is 12.8 Å². The summed E-state index contributed by atoms with van der Waals surface area (Å²) in [7, 11) is 0. The van der Waals surface area contributed by atoms with Gasteiger partial charge in [-0.3, -0.25) is 14.4 Å². The van der Waals surface area contributed by atoms with Crippen LogP contribution in [0.5, 0.6) is 0 Å². The zero-order valence-electron chi connectivity index (χ0n) is 17.1. The molecule has 3 N–H and O–H groups in total. The van der Waals surface area contributed by atoms with Crippen LogP contribution in [-0.4, -0.2) is 23.8 Å². The van der Waals surface area contributed by atoms with Crippen LogP contribution in [0.25, 0.3) is 0 Å². The average molecular weight is 438 g/mol. The first-order valence-electron chi connectivity index (χ1n) is 10.2. The molecule has 2 heterocycles. The molecule has 0 spiro atoms. The highest BCUT2D eigenvalue weighted by molar-refractivity contribution is 7.18. The van der Waals surface area contributed by atoms with Crippen molar-refractivity contribution in [3.05, 3.63) is 70.5 Å². The minimum atomic E-state index is -0.371. The minimum absolute atomic E-state index is 0.0872. The lowest BCUT2D eigenvalue weighted by Gasteiger charge is -2.12. The van der Waals surface area contributed by atoms with Crippen molar-refractivity contribution in [1.29, 1.82) is 0 Å². The van der Waals surface area contributed by atoms with Gasteiger partial charge in [-0.2, -0.15) is 0 Å². The second-order valence-corrected chi connectivity index (χ2v) is 8.59. The van der Waals surface area contributed by atoms with E-state index in [1.807, 2.05) is 6.92 Å². The number of benzene rings is 1. The number of hydrogen-bond acceptors (Lipinski definition) is 5. The van der Waals surface area contributed by atoms with Crippen LogP contribution in [0.3, 0.4) is 0 Å². The first kappa shape index (κ1) is 20.9. The van der Waals surface area contributed by atoms with Gasteiger partial charge in [0.25, 0.3) is 17.7 Å². The van der Waals surface area contributed by atoms with Crippen LogP contribution < -0.4 is 16.0 Å². The SMILES string of the molecule is Cc1cc(NC(=O)c2ccco2)sc1C(=O)Nc1ccc(C(=O)NC2CCCC2)cc1. The van der Waals surface area contributed by atoms with E-state index in [1.54, 1.807) is 42.5 Å². The number of rotatable bonds is 6. The van der Waals surface area contributed by atoms with Crippen LogP contribution in [0.4, 0.5) is 10.7 Å². The fourth-order valence-electron chi connectivity index (χ4n) is 3.58. The molecule has 3 aromatic rings. The third-order valence-electron chi connectivity index (χ3n) is 5.20. The average Bonchev–Trinajstić information content (AvgIpc) is 3.51. The Balaban J connectivity index is 1.37. The molecule has 160 valence electrons. The molecule has 0 unspecified atom stereocenters. The molecule has 1 aliphatic carbocycles. The van der Waals surface area contributed by atoms with Crippen molar-refractivity contribution in [2.75, 3.05) is 10.6 Å². The van der Waals surface area contributed by atoms with Gasteiger partial charge in [-0.25, -0.2) is 0 Å². The van der Waals surface area contributed by atoms with Crippen LogP contribution in [0.15, 0.2) is 53.1 Å². The normalized spacial score (nSPS) is 13.7. The van der Waals surface area contributed by atoms with E-state index < -0.39 is 0 Å². The Morgan fingerprint density at radius 2 is 1.71 bits per heavy atom. The van der Waals surface area contributed by atoms with Gasteiger partial charge in [-0.05, 0) is 67.8 Å². The van der Waals surface area contributed by atoms with Gasteiger partial charge in [0.2, 0.25) is 0 Å². The summed E-state index contributed by atoms with van der Waals surface area (Å²) in [6, 6.07) is 12.0. The Labute approximate surface area is 183 Å². The number of carbonyl (C=O) groups excluding carboxylic acids is 3. The molecule has 0 aliphatic heterocycles. The molecule has 0 bridgehead atoms. The molecule has 1 fully saturated rings. The topological polar surface area (TPSA) is 100 Å². The lowest BCUT2D eigenvalue weighted by Crippen LogP contribution is -2.32. The molecule has 1 aliphatic rings. The van der Waals surface area contributed by atoms with E-state index in [2.05, 4.69) is 16.0 Å². The van der Waals surface area contributed by atoms with Crippen molar-refractivity contribution < 1.29 is 18.8 Å². The van der Waals surface area contributed by atoms with Gasteiger partial charge in [0.15, 0.2) is 5.76 Å². The number of furan rings is 1. The summed E-state index contributed by atoms with van der Waals surface area (Å²) in [6.07, 6.45) is 5.81. The van der Waals surface area contributed by atoms with Crippen molar-refractivity contribution in [1.82, 2.24) is 5.32 Å². The third-order valence-corrected chi connectivity index (χ3v) is 6.35. The minimum Gasteiger partial charge on any atom is -0.459 e. The van der Waals surface area contributed by atoms with Crippen molar-refractivity contribution in [3.63, 3.8) is 0 Å². The molecule has 0 saturated heterocycles. The molecule has 3 amide bonds. The molecule has 1 aromatic carbocycles. The van der Waals surface area contributed by atoms with Gasteiger partial charge in [0, 0.05) is 17.3 Å². The highest BCUT2D eigenvalue weighted by Crippen LogP contribution is 2.28. The van der Waals surface area contributed by atoms with E-state index in [4.69, 9.17) is 4.42 Å². The highest BCUT2D eigenvalue weighted by Gasteiger charge is 2.19. The van der Waals surface area contributed by atoms with E-state index in [0.29, 0.717) is 21.1 Å². The number of anilines is 2. The summed E-state index contributed by atoms with van der Waals surface area (Å²) < 4.78 is 5.08. The Morgan fingerprint density at radius 3 is 2.39 bits per heavy atom. The van der Waals surface area contributed by atoms with E-state index in [1.165, 1.54) is 17.6 Å². The maximum atomic E-state index is 12.7. The van der Waals surface area contributed by atoms with Gasteiger partial charge in [-0.15, -0.1) is 11.3 Å². The highest BCUT2D eigenvalue weighted by atomic mass is 32.1. The summed E-state index contributed by atoms with van der Waals surface area (Å²) >= 11 is 1.19. The number of nitrogens with one attached hydrogen (secondary N) is 3. The Morgan fingerprint density at radius 1 is 0.968 bits per heavy atom. The lowest BCUT2D eigenvalue weighted by atomic mass is 10.1. The maximum Gasteiger partial charge on any atom is 0.291 e. The van der Waals surface area contributed by atoms with Crippen LogP contribution in [0, 0.1) is 6.92 Å². The fraction of sp³-hybridized carbons (Fsp3) is 0.261. The summed E-state index contributed by atoms with van der Waals surface area (Å²) in [6.45, 7) is 1.81. The van der Waals surface area contributed by atoms with Gasteiger partial charge < -0.3 is 20.4 Å². The second-order valence-electron chi connectivity index (χ2n) is 7.54. The van der Waals surface area contributed by atoms with Crippen LogP contribution in [-0.2, 0) is 0 Å². The zero-order valence-corrected chi connectivity index (χ0v) is 17.9. The summed E-state index contributed by atoms with van der Waals surface area (Å²) in [5, 5.41) is 9.19. The molecule has 31 heavy (non-hydrogen) atoms. The first-order valence-corrected chi connectivity index (χ1v) is 11.0. The molecule has 1 saturated carbocycles. The largest absolute Gasteiger partial charge is 0.459 e. The number of thiophene rings is 1. The van der Waals surface area contributed by atoms with Gasteiger partial charge >= 0.3 is 0 Å². The quantitative estimate of drug-likeness (QED) is 0.514. The Kier molecular flexibility index (Phi) is 6.18. The second kappa shape index (κ2) is 9.18. The van der Waals surface area contributed by atoms with E-state index in [0.717, 1.165) is 31.2 Å². The summed E-state index contributed by atoms with van der Waals surface area (Å²) in [4.78, 5) is 37.7. The monoisotopic (exact) mass is 437 g/mol. The van der Waals surface area contributed by atoms with Gasteiger partial charge in [0.1, 0.15) is 0 Å². The maximum absolute atomic E-state index is 12.7. The van der Waals surface area contributed by atoms with Crippen molar-refractivity contribution >= 4 is 39.7 Å². The van der Waals surface area contributed by atoms with Crippen LogP contribution in [0.2, 0.25) is 0 Å². The molecule has 0 radical (unpaired) electrons. The predicted molar refractivity (Wildman–Crippen MR) is 120 cm³/mol. The number of amides is 3. The van der Waals surface area contributed by atoms with E-state index in [-0.39, 0.29) is 29.5 Å². The van der Waals surface area contributed by atoms with Gasteiger partial charge in [0.05, 0.1) is 16.1 Å². The molecular formula is C23H23N3O4S. The standard InChI is InChI=1S/C23H23N3O4S/c1-14-13-19(26-22(28)18-7-4-12-30-18)31-20(14)23(29)25-17-10-8-15(9-11-17)21(27)24-16-5-2-3-6-16/h4,7-13,16H,2-3,5-6H2,1H3,(H,24,27)(H,25,29)(H,26,28). The van der Waals surface area contributed by atoms with E-state index >= 15 is 0 Å². The smallest absolute Gasteiger partial charge is 0.291 e. The molecule has 8 heteroatoms. The molecule has 0 atom stereocenters. The molecule has 2 aromatic heterocycles. The Hall–Kier alpha value is -3.39. The summed E-state index contributed by atoms with van der Waals surface area (Å²) in [5.41, 5.74) is 1.92. The van der Waals surface area contributed by atoms with Crippen LogP contribution >= 0.6 is 11.3 Å². The van der Waals surface area contributed by atoms with Crippen molar-refractivity contribution in [2.45, 2.75) is 38.6 Å². The number of carbonyl (C=O) groups is 3. The van der Waals surface area contributed by atoms with Crippen molar-refractivity contribution in [2.24, 2.45) is 0 Å².